The molecule has 2 aromatic rings. The molecule has 0 aliphatic heterocycles. The van der Waals surface area contributed by atoms with Crippen LogP contribution < -0.4 is 5.32 Å². The van der Waals surface area contributed by atoms with Gasteiger partial charge in [0.2, 0.25) is 0 Å². The number of nitrogens with zero attached hydrogens (tertiary/aromatic N) is 4. The van der Waals surface area contributed by atoms with Gasteiger partial charge in [0.15, 0.2) is 0 Å². The fraction of sp³-hybridized carbons (Fsp3) is 0.600. The summed E-state index contributed by atoms with van der Waals surface area (Å²) in [6, 6.07) is 1.02. The Kier molecular flexibility index (Phi) is 3.76. The monoisotopic (exact) mass is 273 g/mol. The zero-order valence-corrected chi connectivity index (χ0v) is 12.3. The Bertz CT molecular complexity index is 548. The summed E-state index contributed by atoms with van der Waals surface area (Å²) < 4.78 is 4.10. The highest BCUT2D eigenvalue weighted by molar-refractivity contribution is 5.39. The van der Waals surface area contributed by atoms with Crippen LogP contribution in [-0.2, 0) is 6.54 Å². The largest absolute Gasteiger partial charge is 0.378 e. The van der Waals surface area contributed by atoms with Crippen LogP contribution in [0.1, 0.15) is 57.2 Å². The second kappa shape index (κ2) is 5.69. The Hall–Kier alpha value is -1.78. The van der Waals surface area contributed by atoms with Crippen LogP contribution in [0.5, 0.6) is 0 Å². The van der Waals surface area contributed by atoms with Gasteiger partial charge in [-0.3, -0.25) is 9.36 Å². The van der Waals surface area contributed by atoms with E-state index >= 15 is 0 Å². The molecule has 108 valence electrons. The molecule has 0 saturated heterocycles. The molecule has 1 fully saturated rings. The second-order valence-electron chi connectivity index (χ2n) is 5.92. The van der Waals surface area contributed by atoms with Crippen molar-refractivity contribution in [3.8, 4) is 0 Å². The summed E-state index contributed by atoms with van der Waals surface area (Å²) in [5.41, 5.74) is 2.29. The van der Waals surface area contributed by atoms with Gasteiger partial charge < -0.3 is 5.32 Å². The van der Waals surface area contributed by atoms with Crippen LogP contribution in [0.4, 0.5) is 5.69 Å². The third kappa shape index (κ3) is 2.86. The van der Waals surface area contributed by atoms with Crippen molar-refractivity contribution in [2.24, 2.45) is 0 Å². The molecule has 20 heavy (non-hydrogen) atoms. The smallest absolute Gasteiger partial charge is 0.0729 e. The van der Waals surface area contributed by atoms with Gasteiger partial charge in [0.1, 0.15) is 0 Å². The molecule has 2 heterocycles. The molecule has 1 N–H and O–H groups in total. The third-order valence-electron chi connectivity index (χ3n) is 3.98. The van der Waals surface area contributed by atoms with E-state index in [9.17, 15) is 0 Å². The maximum atomic E-state index is 4.48. The van der Waals surface area contributed by atoms with Gasteiger partial charge in [0, 0.05) is 30.5 Å². The number of hydrogen-bond acceptors (Lipinski definition) is 3. The third-order valence-corrected chi connectivity index (χ3v) is 3.98. The maximum Gasteiger partial charge on any atom is 0.0729 e. The first-order valence-corrected chi connectivity index (χ1v) is 7.53. The SMILES string of the molecule is CC(C)n1cc(CNc2cnn(C3CCCC3)c2)cn1. The van der Waals surface area contributed by atoms with Crippen molar-refractivity contribution in [3.63, 3.8) is 0 Å². The first-order valence-electron chi connectivity index (χ1n) is 7.53. The summed E-state index contributed by atoms with van der Waals surface area (Å²) in [7, 11) is 0. The number of aromatic nitrogens is 4. The molecular formula is C15H23N5. The molecule has 5 heteroatoms. The summed E-state index contributed by atoms with van der Waals surface area (Å²) >= 11 is 0. The minimum absolute atomic E-state index is 0.411. The van der Waals surface area contributed by atoms with Crippen LogP contribution in [-0.4, -0.2) is 19.6 Å². The van der Waals surface area contributed by atoms with Gasteiger partial charge in [-0.05, 0) is 26.7 Å². The van der Waals surface area contributed by atoms with Crippen LogP contribution >= 0.6 is 0 Å². The van der Waals surface area contributed by atoms with E-state index in [0.29, 0.717) is 12.1 Å². The molecule has 0 unspecified atom stereocenters. The Morgan fingerprint density at radius 3 is 2.70 bits per heavy atom. The average molecular weight is 273 g/mol. The van der Waals surface area contributed by atoms with Gasteiger partial charge in [0.25, 0.3) is 0 Å². The maximum absolute atomic E-state index is 4.48. The van der Waals surface area contributed by atoms with Gasteiger partial charge in [-0.1, -0.05) is 12.8 Å². The van der Waals surface area contributed by atoms with E-state index in [4.69, 9.17) is 0 Å². The van der Waals surface area contributed by atoms with Crippen molar-refractivity contribution in [3.05, 3.63) is 30.4 Å². The number of anilines is 1. The lowest BCUT2D eigenvalue weighted by atomic mass is 10.3. The summed E-state index contributed by atoms with van der Waals surface area (Å²) in [4.78, 5) is 0. The first kappa shape index (κ1) is 13.2. The van der Waals surface area contributed by atoms with Crippen LogP contribution in [0.25, 0.3) is 0 Å². The van der Waals surface area contributed by atoms with E-state index in [0.717, 1.165) is 12.2 Å². The Labute approximate surface area is 120 Å². The number of rotatable bonds is 5. The lowest BCUT2D eigenvalue weighted by Gasteiger charge is -2.08. The minimum atomic E-state index is 0.411. The molecule has 1 aliphatic rings. The van der Waals surface area contributed by atoms with Gasteiger partial charge >= 0.3 is 0 Å². The van der Waals surface area contributed by atoms with Gasteiger partial charge in [-0.15, -0.1) is 0 Å². The molecule has 2 aromatic heterocycles. The van der Waals surface area contributed by atoms with Crippen molar-refractivity contribution in [2.45, 2.75) is 58.2 Å². The van der Waals surface area contributed by atoms with E-state index in [1.54, 1.807) is 0 Å². The van der Waals surface area contributed by atoms with Gasteiger partial charge in [0.05, 0.1) is 24.1 Å². The lowest BCUT2D eigenvalue weighted by Crippen LogP contribution is -2.04. The van der Waals surface area contributed by atoms with E-state index in [1.807, 2.05) is 17.1 Å². The summed E-state index contributed by atoms with van der Waals surface area (Å²) in [6.45, 7) is 5.06. The number of nitrogens with one attached hydrogen (secondary N) is 1. The fourth-order valence-corrected chi connectivity index (χ4v) is 2.75. The topological polar surface area (TPSA) is 47.7 Å². The molecule has 0 spiro atoms. The van der Waals surface area contributed by atoms with E-state index in [-0.39, 0.29) is 0 Å². The molecule has 0 bridgehead atoms. The van der Waals surface area contributed by atoms with E-state index < -0.39 is 0 Å². The normalized spacial score (nSPS) is 16.1. The summed E-state index contributed by atoms with van der Waals surface area (Å²) in [5.74, 6) is 0. The highest BCUT2D eigenvalue weighted by Gasteiger charge is 2.17. The lowest BCUT2D eigenvalue weighted by molar-refractivity contribution is 0.467. The van der Waals surface area contributed by atoms with Gasteiger partial charge in [-0.25, -0.2) is 0 Å². The molecule has 0 atom stereocenters. The zero-order chi connectivity index (χ0) is 13.9. The van der Waals surface area contributed by atoms with Crippen molar-refractivity contribution < 1.29 is 0 Å². The standard InChI is InChI=1S/C15H23N5/c1-12(2)19-10-13(8-17-19)7-16-14-9-18-20(11-14)15-5-3-4-6-15/h8-12,15-16H,3-7H2,1-2H3. The number of hydrogen-bond donors (Lipinski definition) is 1. The molecule has 1 saturated carbocycles. The zero-order valence-electron chi connectivity index (χ0n) is 12.3. The Morgan fingerprint density at radius 2 is 2.00 bits per heavy atom. The van der Waals surface area contributed by atoms with Crippen LogP contribution in [0.15, 0.2) is 24.8 Å². The second-order valence-corrected chi connectivity index (χ2v) is 5.92. The van der Waals surface area contributed by atoms with Gasteiger partial charge in [-0.2, -0.15) is 10.2 Å². The fourth-order valence-electron chi connectivity index (χ4n) is 2.75. The van der Waals surface area contributed by atoms with E-state index in [2.05, 4.69) is 46.4 Å². The molecule has 1 aliphatic carbocycles. The molecule has 0 aromatic carbocycles. The molecule has 0 amide bonds. The molecule has 5 nitrogen and oxygen atoms in total. The predicted octanol–water partition coefficient (Wildman–Crippen LogP) is 3.39. The van der Waals surface area contributed by atoms with Crippen LogP contribution in [0.2, 0.25) is 0 Å². The van der Waals surface area contributed by atoms with Crippen molar-refractivity contribution >= 4 is 5.69 Å². The van der Waals surface area contributed by atoms with Crippen molar-refractivity contribution in [2.75, 3.05) is 5.32 Å². The summed E-state index contributed by atoms with van der Waals surface area (Å²) in [5, 5.41) is 12.2. The van der Waals surface area contributed by atoms with Crippen molar-refractivity contribution in [1.29, 1.82) is 0 Å². The minimum Gasteiger partial charge on any atom is -0.378 e. The van der Waals surface area contributed by atoms with E-state index in [1.165, 1.54) is 31.2 Å². The molecular weight excluding hydrogens is 250 g/mol. The average Bonchev–Trinajstić information content (AvgIpc) is 3.17. The highest BCUT2D eigenvalue weighted by atomic mass is 15.3. The van der Waals surface area contributed by atoms with Crippen molar-refractivity contribution in [1.82, 2.24) is 19.6 Å². The first-order chi connectivity index (χ1) is 9.72. The predicted molar refractivity (Wildman–Crippen MR) is 79.7 cm³/mol. The molecule has 0 radical (unpaired) electrons. The highest BCUT2D eigenvalue weighted by Crippen LogP contribution is 2.29. The van der Waals surface area contributed by atoms with Crippen LogP contribution in [0, 0.1) is 0 Å². The summed E-state index contributed by atoms with van der Waals surface area (Å²) in [6.07, 6.45) is 13.3. The quantitative estimate of drug-likeness (QED) is 0.908. The Morgan fingerprint density at radius 1 is 1.20 bits per heavy atom. The Balaban J connectivity index is 1.57. The molecule has 3 rings (SSSR count). The van der Waals surface area contributed by atoms with Crippen LogP contribution in [0.3, 0.4) is 0 Å².